The third-order valence-corrected chi connectivity index (χ3v) is 4.25. The van der Waals surface area contributed by atoms with Crippen molar-refractivity contribution in [3.8, 4) is 5.75 Å². The Morgan fingerprint density at radius 1 is 1.26 bits per heavy atom. The molecule has 5 heteroatoms. The van der Waals surface area contributed by atoms with Gasteiger partial charge in [0, 0.05) is 6.54 Å². The van der Waals surface area contributed by atoms with E-state index in [9.17, 15) is 14.4 Å². The normalized spacial score (nSPS) is 18.0. The molecule has 23 heavy (non-hydrogen) atoms. The number of ketones is 1. The second-order valence-electron chi connectivity index (χ2n) is 5.60. The molecule has 1 saturated heterocycles. The van der Waals surface area contributed by atoms with Crippen LogP contribution in [0.3, 0.4) is 0 Å². The van der Waals surface area contributed by atoms with Gasteiger partial charge in [0.1, 0.15) is 11.7 Å². The van der Waals surface area contributed by atoms with E-state index in [1.165, 1.54) is 7.11 Å². The Balaban J connectivity index is 2.02. The van der Waals surface area contributed by atoms with Crippen molar-refractivity contribution in [2.45, 2.75) is 12.8 Å². The first-order valence-electron chi connectivity index (χ1n) is 7.52. The molecule has 2 amide bonds. The molecule has 1 atom stereocenters. The Hall–Kier alpha value is -2.69. The zero-order chi connectivity index (χ0) is 16.4. The van der Waals surface area contributed by atoms with E-state index in [0.29, 0.717) is 37.1 Å². The maximum atomic E-state index is 12.9. The van der Waals surface area contributed by atoms with Crippen LogP contribution in [0.4, 0.5) is 0 Å². The summed E-state index contributed by atoms with van der Waals surface area (Å²) in [6.45, 7) is 0.376. The van der Waals surface area contributed by atoms with E-state index in [4.69, 9.17) is 4.74 Å². The van der Waals surface area contributed by atoms with Gasteiger partial charge in [-0.1, -0.05) is 24.3 Å². The zero-order valence-corrected chi connectivity index (χ0v) is 12.8. The Kier molecular flexibility index (Phi) is 4.10. The number of benzene rings is 2. The minimum absolute atomic E-state index is 0.288. The number of nitrogens with zero attached hydrogens (tertiary/aromatic N) is 1. The lowest BCUT2D eigenvalue weighted by atomic mass is 9.88. The third kappa shape index (κ3) is 2.70. The molecule has 2 aromatic carbocycles. The minimum atomic E-state index is -0.816. The van der Waals surface area contributed by atoms with Gasteiger partial charge in [0.2, 0.25) is 12.3 Å². The number of carbonyl (C=O) groups is 3. The highest BCUT2D eigenvalue weighted by molar-refractivity contribution is 6.14. The zero-order valence-electron chi connectivity index (χ0n) is 12.8. The standard InChI is InChI=1S/C18H17NO4/c1-23-16-10-13-6-3-2-5-12(13)9-15(16)17(21)14-7-4-8-19(11-20)18(14)22/h2-3,5-6,9-11,14H,4,7-8H2,1H3/t14-/m1/s1. The summed E-state index contributed by atoms with van der Waals surface area (Å²) >= 11 is 0. The predicted octanol–water partition coefficient (Wildman–Crippen LogP) is 2.43. The van der Waals surface area contributed by atoms with Gasteiger partial charge < -0.3 is 4.74 Å². The molecule has 5 nitrogen and oxygen atoms in total. The molecule has 0 aromatic heterocycles. The predicted molar refractivity (Wildman–Crippen MR) is 85.3 cm³/mol. The SMILES string of the molecule is COc1cc2ccccc2cc1C(=O)[C@H]1CCCN(C=O)C1=O. The van der Waals surface area contributed by atoms with Crippen LogP contribution >= 0.6 is 0 Å². The lowest BCUT2D eigenvalue weighted by molar-refractivity contribution is -0.142. The van der Waals surface area contributed by atoms with E-state index in [0.717, 1.165) is 15.7 Å². The second-order valence-corrected chi connectivity index (χ2v) is 5.60. The summed E-state index contributed by atoms with van der Waals surface area (Å²) in [4.78, 5) is 37.1. The lowest BCUT2D eigenvalue weighted by Gasteiger charge is -2.27. The molecule has 1 aliphatic heterocycles. The van der Waals surface area contributed by atoms with Gasteiger partial charge in [0.25, 0.3) is 0 Å². The summed E-state index contributed by atoms with van der Waals surface area (Å²) in [5.74, 6) is -1.08. The summed E-state index contributed by atoms with van der Waals surface area (Å²) in [6, 6.07) is 11.2. The first-order valence-corrected chi connectivity index (χ1v) is 7.52. The number of hydrogen-bond acceptors (Lipinski definition) is 4. The maximum absolute atomic E-state index is 12.9. The van der Waals surface area contributed by atoms with Gasteiger partial charge in [-0.05, 0) is 35.7 Å². The van der Waals surface area contributed by atoms with Crippen molar-refractivity contribution in [2.24, 2.45) is 5.92 Å². The van der Waals surface area contributed by atoms with Gasteiger partial charge in [-0.15, -0.1) is 0 Å². The number of carbonyl (C=O) groups excluding carboxylic acids is 3. The molecule has 0 bridgehead atoms. The summed E-state index contributed by atoms with van der Waals surface area (Å²) in [7, 11) is 1.50. The molecule has 0 saturated carbocycles. The summed E-state index contributed by atoms with van der Waals surface area (Å²) in [5.41, 5.74) is 0.386. The van der Waals surface area contributed by atoms with Crippen molar-refractivity contribution in [2.75, 3.05) is 13.7 Å². The van der Waals surface area contributed by atoms with E-state index in [2.05, 4.69) is 0 Å². The first-order chi connectivity index (χ1) is 11.2. The smallest absolute Gasteiger partial charge is 0.239 e. The molecule has 0 unspecified atom stereocenters. The molecule has 0 spiro atoms. The monoisotopic (exact) mass is 311 g/mol. The van der Waals surface area contributed by atoms with Crippen molar-refractivity contribution in [3.05, 3.63) is 42.0 Å². The van der Waals surface area contributed by atoms with Crippen LogP contribution in [0.15, 0.2) is 36.4 Å². The number of rotatable bonds is 4. The summed E-state index contributed by atoms with van der Waals surface area (Å²) in [6.07, 6.45) is 1.59. The van der Waals surface area contributed by atoms with Crippen LogP contribution in [-0.2, 0) is 9.59 Å². The molecule has 0 N–H and O–H groups in total. The van der Waals surface area contributed by atoms with Crippen molar-refractivity contribution >= 4 is 28.9 Å². The molecule has 1 aliphatic rings. The van der Waals surface area contributed by atoms with Gasteiger partial charge in [-0.25, -0.2) is 0 Å². The van der Waals surface area contributed by atoms with Crippen molar-refractivity contribution in [1.82, 2.24) is 4.90 Å². The van der Waals surface area contributed by atoms with Gasteiger partial charge >= 0.3 is 0 Å². The van der Waals surface area contributed by atoms with Gasteiger partial charge in [-0.2, -0.15) is 0 Å². The number of piperidine rings is 1. The van der Waals surface area contributed by atoms with Gasteiger partial charge in [0.05, 0.1) is 12.7 Å². The molecular formula is C18H17NO4. The molecule has 1 heterocycles. The number of Topliss-reactive ketones (excluding diaryl/α,β-unsaturated/α-hetero) is 1. The Morgan fingerprint density at radius 3 is 2.61 bits per heavy atom. The van der Waals surface area contributed by atoms with E-state index < -0.39 is 11.8 Å². The summed E-state index contributed by atoms with van der Waals surface area (Å²) in [5, 5.41) is 1.87. The van der Waals surface area contributed by atoms with Gasteiger partial charge in [-0.3, -0.25) is 19.3 Å². The first kappa shape index (κ1) is 15.2. The minimum Gasteiger partial charge on any atom is -0.496 e. The van der Waals surface area contributed by atoms with Crippen LogP contribution in [0.2, 0.25) is 0 Å². The second kappa shape index (κ2) is 6.20. The molecule has 0 radical (unpaired) electrons. The van der Waals surface area contributed by atoms with Crippen LogP contribution in [0.25, 0.3) is 10.8 Å². The molecule has 0 aliphatic carbocycles. The van der Waals surface area contributed by atoms with E-state index in [-0.39, 0.29) is 5.78 Å². The molecule has 2 aromatic rings. The fourth-order valence-electron chi connectivity index (χ4n) is 3.02. The van der Waals surface area contributed by atoms with Crippen LogP contribution in [-0.4, -0.2) is 36.7 Å². The third-order valence-electron chi connectivity index (χ3n) is 4.25. The van der Waals surface area contributed by atoms with E-state index in [1.54, 1.807) is 12.1 Å². The number of methoxy groups -OCH3 is 1. The largest absolute Gasteiger partial charge is 0.496 e. The van der Waals surface area contributed by atoms with Crippen LogP contribution in [0, 0.1) is 5.92 Å². The quantitative estimate of drug-likeness (QED) is 0.494. The Labute approximate surface area is 133 Å². The molecule has 3 rings (SSSR count). The average molecular weight is 311 g/mol. The van der Waals surface area contributed by atoms with Gasteiger partial charge in [0.15, 0.2) is 5.78 Å². The number of likely N-dealkylation sites (tertiary alicyclic amines) is 1. The highest BCUT2D eigenvalue weighted by atomic mass is 16.5. The molecule has 1 fully saturated rings. The molecular weight excluding hydrogens is 294 g/mol. The van der Waals surface area contributed by atoms with E-state index in [1.807, 2.05) is 24.3 Å². The fourth-order valence-corrected chi connectivity index (χ4v) is 3.02. The highest BCUT2D eigenvalue weighted by Gasteiger charge is 2.35. The topological polar surface area (TPSA) is 63.7 Å². The van der Waals surface area contributed by atoms with Crippen molar-refractivity contribution in [3.63, 3.8) is 0 Å². The number of fused-ring (bicyclic) bond motifs is 1. The van der Waals surface area contributed by atoms with Crippen LogP contribution in [0.5, 0.6) is 5.75 Å². The Bertz CT molecular complexity index is 784. The molecule has 118 valence electrons. The number of amides is 2. The van der Waals surface area contributed by atoms with Crippen molar-refractivity contribution in [1.29, 1.82) is 0 Å². The lowest BCUT2D eigenvalue weighted by Crippen LogP contribution is -2.43. The number of ether oxygens (including phenoxy) is 1. The summed E-state index contributed by atoms with van der Waals surface area (Å²) < 4.78 is 5.34. The average Bonchev–Trinajstić information content (AvgIpc) is 2.60. The highest BCUT2D eigenvalue weighted by Crippen LogP contribution is 2.30. The van der Waals surface area contributed by atoms with Crippen molar-refractivity contribution < 1.29 is 19.1 Å². The number of imide groups is 1. The van der Waals surface area contributed by atoms with E-state index >= 15 is 0 Å². The fraction of sp³-hybridized carbons (Fsp3) is 0.278. The van der Waals surface area contributed by atoms with Crippen LogP contribution in [0.1, 0.15) is 23.2 Å². The maximum Gasteiger partial charge on any atom is 0.239 e. The van der Waals surface area contributed by atoms with Crippen LogP contribution < -0.4 is 4.74 Å². The number of hydrogen-bond donors (Lipinski definition) is 0. The Morgan fingerprint density at radius 2 is 1.96 bits per heavy atom.